The van der Waals surface area contributed by atoms with Crippen molar-refractivity contribution in [1.82, 2.24) is 4.90 Å². The minimum Gasteiger partial charge on any atom is -0.336 e. The van der Waals surface area contributed by atoms with Gasteiger partial charge < -0.3 is 10.6 Å². The molecule has 110 valence electrons. The van der Waals surface area contributed by atoms with E-state index in [0.717, 1.165) is 30.0 Å². The lowest BCUT2D eigenvalue weighted by Crippen LogP contribution is -2.36. The van der Waals surface area contributed by atoms with Crippen LogP contribution in [0.15, 0.2) is 24.3 Å². The second-order valence-corrected chi connectivity index (χ2v) is 6.73. The smallest absolute Gasteiger partial charge is 0.223 e. The fourth-order valence-corrected chi connectivity index (χ4v) is 2.90. The number of likely N-dealkylation sites (tertiary alicyclic amines) is 1. The Morgan fingerprint density at radius 1 is 1.50 bits per heavy atom. The van der Waals surface area contributed by atoms with E-state index in [9.17, 15) is 4.79 Å². The van der Waals surface area contributed by atoms with Gasteiger partial charge in [0.25, 0.3) is 0 Å². The summed E-state index contributed by atoms with van der Waals surface area (Å²) in [4.78, 5) is 14.4. The van der Waals surface area contributed by atoms with Crippen molar-refractivity contribution in [3.05, 3.63) is 34.9 Å². The molecule has 0 aliphatic carbocycles. The fraction of sp³-hybridized carbons (Fsp3) is 0.562. The summed E-state index contributed by atoms with van der Waals surface area (Å²) < 4.78 is 0. The van der Waals surface area contributed by atoms with Gasteiger partial charge in [-0.25, -0.2) is 0 Å². The van der Waals surface area contributed by atoms with Crippen LogP contribution in [-0.2, 0) is 4.79 Å². The summed E-state index contributed by atoms with van der Waals surface area (Å²) in [6.07, 6.45) is 3.29. The Hall–Kier alpha value is -1.06. The first-order chi connectivity index (χ1) is 9.37. The Balaban J connectivity index is 2.05. The molecular weight excluding hydrogens is 272 g/mol. The topological polar surface area (TPSA) is 46.3 Å². The van der Waals surface area contributed by atoms with Gasteiger partial charge in [0.2, 0.25) is 5.91 Å². The Labute approximate surface area is 126 Å². The van der Waals surface area contributed by atoms with E-state index in [1.54, 1.807) is 0 Å². The highest BCUT2D eigenvalue weighted by Gasteiger charge is 2.30. The van der Waals surface area contributed by atoms with Crippen molar-refractivity contribution in [3.63, 3.8) is 0 Å². The SMILES string of the molecule is CC(C)(N)CCC(=O)N1CCCC1c1cccc(Cl)c1. The van der Waals surface area contributed by atoms with Crippen LogP contribution in [0.1, 0.15) is 51.1 Å². The standard InChI is InChI=1S/C16H23ClN2O/c1-16(2,18)9-8-15(20)19-10-4-7-14(19)12-5-3-6-13(17)11-12/h3,5-6,11,14H,4,7-10,18H2,1-2H3. The fourth-order valence-electron chi connectivity index (χ4n) is 2.70. The van der Waals surface area contributed by atoms with Crippen molar-refractivity contribution in [2.24, 2.45) is 5.73 Å². The van der Waals surface area contributed by atoms with Crippen LogP contribution in [0, 0.1) is 0 Å². The van der Waals surface area contributed by atoms with Gasteiger partial charge in [-0.05, 0) is 50.8 Å². The molecule has 0 spiro atoms. The lowest BCUT2D eigenvalue weighted by molar-refractivity contribution is -0.132. The summed E-state index contributed by atoms with van der Waals surface area (Å²) in [6.45, 7) is 4.75. The first-order valence-corrected chi connectivity index (χ1v) is 7.58. The first kappa shape index (κ1) is 15.3. The largest absolute Gasteiger partial charge is 0.336 e. The molecule has 1 aliphatic rings. The molecule has 1 aliphatic heterocycles. The quantitative estimate of drug-likeness (QED) is 0.923. The maximum absolute atomic E-state index is 12.4. The molecule has 2 rings (SSSR count). The summed E-state index contributed by atoms with van der Waals surface area (Å²) in [5, 5.41) is 0.727. The molecule has 1 aromatic carbocycles. The van der Waals surface area contributed by atoms with Gasteiger partial charge >= 0.3 is 0 Å². The van der Waals surface area contributed by atoms with E-state index < -0.39 is 0 Å². The molecular formula is C16H23ClN2O. The Morgan fingerprint density at radius 2 is 2.25 bits per heavy atom. The Kier molecular flexibility index (Phi) is 4.71. The van der Waals surface area contributed by atoms with Crippen molar-refractivity contribution in [2.75, 3.05) is 6.54 Å². The molecule has 0 saturated carbocycles. The van der Waals surface area contributed by atoms with E-state index in [-0.39, 0.29) is 17.5 Å². The number of rotatable bonds is 4. The maximum atomic E-state index is 12.4. The van der Waals surface area contributed by atoms with Crippen molar-refractivity contribution < 1.29 is 4.79 Å². The number of amides is 1. The lowest BCUT2D eigenvalue weighted by Gasteiger charge is -2.27. The molecule has 1 unspecified atom stereocenters. The third kappa shape index (κ3) is 3.97. The molecule has 0 aromatic heterocycles. The molecule has 1 aromatic rings. The van der Waals surface area contributed by atoms with Crippen LogP contribution in [0.3, 0.4) is 0 Å². The molecule has 1 amide bonds. The number of hydrogen-bond acceptors (Lipinski definition) is 2. The number of nitrogens with zero attached hydrogens (tertiary/aromatic N) is 1. The molecule has 1 saturated heterocycles. The summed E-state index contributed by atoms with van der Waals surface area (Å²) in [5.41, 5.74) is 6.80. The predicted octanol–water partition coefficient (Wildman–Crippen LogP) is 3.52. The van der Waals surface area contributed by atoms with Crippen LogP contribution < -0.4 is 5.73 Å². The van der Waals surface area contributed by atoms with Crippen molar-refractivity contribution in [2.45, 2.75) is 51.1 Å². The van der Waals surface area contributed by atoms with E-state index >= 15 is 0 Å². The van der Waals surface area contributed by atoms with Gasteiger partial charge in [0, 0.05) is 23.5 Å². The van der Waals surface area contributed by atoms with E-state index in [2.05, 4.69) is 6.07 Å². The van der Waals surface area contributed by atoms with Crippen molar-refractivity contribution in [1.29, 1.82) is 0 Å². The molecule has 1 heterocycles. The van der Waals surface area contributed by atoms with Gasteiger partial charge in [-0.15, -0.1) is 0 Å². The Bertz CT molecular complexity index is 482. The molecule has 4 heteroatoms. The van der Waals surface area contributed by atoms with Crippen molar-refractivity contribution >= 4 is 17.5 Å². The van der Waals surface area contributed by atoms with Crippen molar-refractivity contribution in [3.8, 4) is 0 Å². The first-order valence-electron chi connectivity index (χ1n) is 7.21. The zero-order valence-electron chi connectivity index (χ0n) is 12.2. The summed E-state index contributed by atoms with van der Waals surface area (Å²) in [7, 11) is 0. The predicted molar refractivity (Wildman–Crippen MR) is 82.6 cm³/mol. The van der Waals surface area contributed by atoms with Crippen LogP contribution in [0.5, 0.6) is 0 Å². The Morgan fingerprint density at radius 3 is 2.90 bits per heavy atom. The molecule has 3 nitrogen and oxygen atoms in total. The molecule has 2 N–H and O–H groups in total. The van der Waals surface area contributed by atoms with Gasteiger partial charge in [-0.1, -0.05) is 23.7 Å². The van der Waals surface area contributed by atoms with E-state index in [1.165, 1.54) is 0 Å². The number of hydrogen-bond donors (Lipinski definition) is 1. The van der Waals surface area contributed by atoms with E-state index in [0.29, 0.717) is 12.8 Å². The molecule has 1 fully saturated rings. The zero-order chi connectivity index (χ0) is 14.8. The minimum absolute atomic E-state index is 0.169. The number of halogens is 1. The van der Waals surface area contributed by atoms with Crippen LogP contribution in [0.2, 0.25) is 5.02 Å². The molecule has 0 bridgehead atoms. The highest BCUT2D eigenvalue weighted by molar-refractivity contribution is 6.30. The zero-order valence-corrected chi connectivity index (χ0v) is 13.0. The van der Waals surface area contributed by atoms with E-state index in [4.69, 9.17) is 17.3 Å². The molecule has 0 radical (unpaired) electrons. The second-order valence-electron chi connectivity index (χ2n) is 6.29. The molecule has 1 atom stereocenters. The maximum Gasteiger partial charge on any atom is 0.223 e. The van der Waals surface area contributed by atoms with Gasteiger partial charge in [0.05, 0.1) is 6.04 Å². The number of nitrogens with two attached hydrogens (primary N) is 1. The highest BCUT2D eigenvalue weighted by Crippen LogP contribution is 2.33. The second kappa shape index (κ2) is 6.15. The highest BCUT2D eigenvalue weighted by atomic mass is 35.5. The van der Waals surface area contributed by atoms with Crippen LogP contribution in [0.25, 0.3) is 0 Å². The van der Waals surface area contributed by atoms with Gasteiger partial charge in [0.15, 0.2) is 0 Å². The van der Waals surface area contributed by atoms with Crippen LogP contribution in [-0.4, -0.2) is 22.9 Å². The average molecular weight is 295 g/mol. The normalized spacial score (nSPS) is 19.4. The van der Waals surface area contributed by atoms with Gasteiger partial charge in [0.1, 0.15) is 0 Å². The minimum atomic E-state index is -0.291. The monoisotopic (exact) mass is 294 g/mol. The summed E-state index contributed by atoms with van der Waals surface area (Å²) >= 11 is 6.05. The van der Waals surface area contributed by atoms with Gasteiger partial charge in [-0.2, -0.15) is 0 Å². The average Bonchev–Trinajstić information content (AvgIpc) is 2.84. The third-order valence-electron chi connectivity index (χ3n) is 3.79. The lowest BCUT2D eigenvalue weighted by atomic mass is 9.99. The molecule has 20 heavy (non-hydrogen) atoms. The van der Waals surface area contributed by atoms with Crippen LogP contribution in [0.4, 0.5) is 0 Å². The number of benzene rings is 1. The number of carbonyl (C=O) groups excluding carboxylic acids is 1. The summed E-state index contributed by atoms with van der Waals surface area (Å²) in [5.74, 6) is 0.200. The van der Waals surface area contributed by atoms with E-state index in [1.807, 2.05) is 36.9 Å². The summed E-state index contributed by atoms with van der Waals surface area (Å²) in [6, 6.07) is 7.99. The van der Waals surface area contributed by atoms with Crippen LogP contribution >= 0.6 is 11.6 Å². The van der Waals surface area contributed by atoms with Gasteiger partial charge in [-0.3, -0.25) is 4.79 Å². The third-order valence-corrected chi connectivity index (χ3v) is 4.02. The number of carbonyl (C=O) groups is 1.